The number of pyridine rings is 1. The molecule has 0 saturated carbocycles. The number of morpholine rings is 1. The van der Waals surface area contributed by atoms with Crippen molar-refractivity contribution in [2.75, 3.05) is 44.7 Å². The lowest BCUT2D eigenvalue weighted by atomic mass is 9.84. The standard InChI is InChI=1S/C19H19N3O4.2ClH/c23-17-13-3-1-2-4-14(13)18(24)16-15(17)5-7-22(25)19(16)20-6-8-21-9-11-26-12-10-21;;/h1-5,7,20H,6,8-12H2;2*1H. The third kappa shape index (κ3) is 3.98. The van der Waals surface area contributed by atoms with E-state index in [1.54, 1.807) is 24.3 Å². The van der Waals surface area contributed by atoms with Gasteiger partial charge in [0.15, 0.2) is 5.78 Å². The van der Waals surface area contributed by atoms with Crippen molar-refractivity contribution in [3.63, 3.8) is 0 Å². The molecule has 1 aliphatic carbocycles. The Morgan fingerprint density at radius 3 is 2.32 bits per heavy atom. The van der Waals surface area contributed by atoms with Crippen molar-refractivity contribution >= 4 is 42.2 Å². The summed E-state index contributed by atoms with van der Waals surface area (Å²) in [7, 11) is 0. The van der Waals surface area contributed by atoms with Crippen molar-refractivity contribution in [2.45, 2.75) is 0 Å². The maximum atomic E-state index is 12.9. The van der Waals surface area contributed by atoms with Crippen LogP contribution in [0.15, 0.2) is 36.5 Å². The molecule has 9 heteroatoms. The fraction of sp³-hybridized carbons (Fsp3) is 0.316. The second kappa shape index (κ2) is 9.34. The molecule has 28 heavy (non-hydrogen) atoms. The van der Waals surface area contributed by atoms with Crippen LogP contribution in [-0.4, -0.2) is 55.9 Å². The quantitative estimate of drug-likeness (QED) is 0.505. The average molecular weight is 426 g/mol. The highest BCUT2D eigenvalue weighted by Crippen LogP contribution is 2.29. The summed E-state index contributed by atoms with van der Waals surface area (Å²) in [5, 5.41) is 15.4. The molecule has 1 N–H and O–H groups in total. The smallest absolute Gasteiger partial charge is 0.289 e. The Bertz CT molecular complexity index is 885. The summed E-state index contributed by atoms with van der Waals surface area (Å²) in [6, 6.07) is 8.13. The van der Waals surface area contributed by atoms with Crippen LogP contribution in [0, 0.1) is 5.21 Å². The van der Waals surface area contributed by atoms with E-state index in [0.29, 0.717) is 35.6 Å². The first kappa shape index (κ1) is 22.1. The Morgan fingerprint density at radius 2 is 1.64 bits per heavy atom. The Balaban J connectivity index is 0.00000140. The first-order valence-corrected chi connectivity index (χ1v) is 8.65. The summed E-state index contributed by atoms with van der Waals surface area (Å²) in [5.74, 6) is -0.384. The van der Waals surface area contributed by atoms with Crippen molar-refractivity contribution < 1.29 is 19.1 Å². The SMILES string of the molecule is Cl.Cl.O=C1c2ccccc2C(=O)c2c1cc[n+]([O-])c2NCCN1CCOCC1. The van der Waals surface area contributed by atoms with E-state index in [2.05, 4.69) is 10.2 Å². The van der Waals surface area contributed by atoms with Crippen molar-refractivity contribution in [2.24, 2.45) is 0 Å². The molecular weight excluding hydrogens is 405 g/mol. The summed E-state index contributed by atoms with van der Waals surface area (Å²) in [6.45, 7) is 4.32. The number of fused-ring (bicyclic) bond motifs is 2. The van der Waals surface area contributed by atoms with E-state index in [1.807, 2.05) is 0 Å². The monoisotopic (exact) mass is 425 g/mol. The fourth-order valence-corrected chi connectivity index (χ4v) is 3.44. The number of benzene rings is 1. The summed E-state index contributed by atoms with van der Waals surface area (Å²) in [5.41, 5.74) is 1.16. The molecule has 2 aliphatic rings. The van der Waals surface area contributed by atoms with Crippen LogP contribution in [0.1, 0.15) is 31.8 Å². The molecule has 2 aromatic rings. The molecule has 1 fully saturated rings. The highest BCUT2D eigenvalue weighted by Gasteiger charge is 2.34. The van der Waals surface area contributed by atoms with Crippen molar-refractivity contribution in [3.8, 4) is 0 Å². The largest absolute Gasteiger partial charge is 0.711 e. The average Bonchev–Trinajstić information content (AvgIpc) is 2.68. The molecule has 0 radical (unpaired) electrons. The summed E-state index contributed by atoms with van der Waals surface area (Å²) in [6.07, 6.45) is 1.27. The van der Waals surface area contributed by atoms with Gasteiger partial charge >= 0.3 is 0 Å². The molecule has 0 unspecified atom stereocenters. The Hall–Kier alpha value is -2.19. The zero-order valence-electron chi connectivity index (χ0n) is 15.1. The van der Waals surface area contributed by atoms with Gasteiger partial charge in [-0.3, -0.25) is 19.8 Å². The number of hydrogen-bond donors (Lipinski definition) is 1. The van der Waals surface area contributed by atoms with Gasteiger partial charge in [-0.25, -0.2) is 4.73 Å². The maximum absolute atomic E-state index is 12.9. The molecule has 7 nitrogen and oxygen atoms in total. The van der Waals surface area contributed by atoms with Gasteiger partial charge in [0.05, 0.1) is 26.0 Å². The van der Waals surface area contributed by atoms with Gasteiger partial charge in [0.1, 0.15) is 5.56 Å². The topological polar surface area (TPSA) is 85.6 Å². The van der Waals surface area contributed by atoms with Gasteiger partial charge in [0, 0.05) is 36.3 Å². The fourth-order valence-electron chi connectivity index (χ4n) is 3.44. The van der Waals surface area contributed by atoms with E-state index in [4.69, 9.17) is 4.74 Å². The van der Waals surface area contributed by atoms with Crippen LogP contribution in [0.4, 0.5) is 5.82 Å². The number of carbonyl (C=O) groups excluding carboxylic acids is 2. The highest BCUT2D eigenvalue weighted by molar-refractivity contribution is 6.29. The minimum Gasteiger partial charge on any atom is -0.711 e. The summed E-state index contributed by atoms with van der Waals surface area (Å²) < 4.78 is 5.94. The molecule has 1 aromatic heterocycles. The predicted octanol–water partition coefficient (Wildman–Crippen LogP) is 1.68. The summed E-state index contributed by atoms with van der Waals surface area (Å²) >= 11 is 0. The van der Waals surface area contributed by atoms with Crippen LogP contribution in [-0.2, 0) is 4.74 Å². The normalized spacial score (nSPS) is 15.7. The lowest BCUT2D eigenvalue weighted by Crippen LogP contribution is -2.41. The molecule has 2 heterocycles. The molecule has 0 atom stereocenters. The number of halogens is 2. The van der Waals surface area contributed by atoms with E-state index in [0.717, 1.165) is 19.6 Å². The second-order valence-electron chi connectivity index (χ2n) is 6.36. The van der Waals surface area contributed by atoms with Crippen LogP contribution in [0.3, 0.4) is 0 Å². The predicted molar refractivity (Wildman–Crippen MR) is 109 cm³/mol. The Kier molecular flexibility index (Phi) is 7.37. The van der Waals surface area contributed by atoms with Crippen LogP contribution >= 0.6 is 24.8 Å². The Labute approximate surface area is 175 Å². The third-order valence-corrected chi connectivity index (χ3v) is 4.82. The first-order chi connectivity index (χ1) is 12.7. The molecule has 0 spiro atoms. The van der Waals surface area contributed by atoms with Gasteiger partial charge < -0.3 is 9.94 Å². The van der Waals surface area contributed by atoms with Gasteiger partial charge in [-0.15, -0.1) is 24.8 Å². The zero-order valence-corrected chi connectivity index (χ0v) is 16.7. The number of nitrogens with one attached hydrogen (secondary N) is 1. The van der Waals surface area contributed by atoms with Crippen LogP contribution < -0.4 is 10.0 Å². The molecule has 150 valence electrons. The van der Waals surface area contributed by atoms with E-state index >= 15 is 0 Å². The first-order valence-electron chi connectivity index (χ1n) is 8.65. The van der Waals surface area contributed by atoms with Gasteiger partial charge in [-0.2, -0.15) is 0 Å². The van der Waals surface area contributed by atoms with Gasteiger partial charge in [-0.1, -0.05) is 24.3 Å². The minimum atomic E-state index is -0.297. The number of carbonyl (C=O) groups is 2. The molecule has 1 aliphatic heterocycles. The molecule has 1 saturated heterocycles. The van der Waals surface area contributed by atoms with E-state index in [-0.39, 0.29) is 53.3 Å². The lowest BCUT2D eigenvalue weighted by Gasteiger charge is -2.26. The molecule has 0 amide bonds. The summed E-state index contributed by atoms with van der Waals surface area (Å²) in [4.78, 5) is 27.9. The number of rotatable bonds is 4. The highest BCUT2D eigenvalue weighted by atomic mass is 35.5. The van der Waals surface area contributed by atoms with Crippen molar-refractivity contribution in [1.82, 2.24) is 4.90 Å². The molecule has 4 rings (SSSR count). The van der Waals surface area contributed by atoms with Crippen LogP contribution in [0.2, 0.25) is 0 Å². The number of ether oxygens (including phenoxy) is 1. The minimum absolute atomic E-state index is 0. The molecular formula is C19H21Cl2N3O4. The molecule has 1 aromatic carbocycles. The maximum Gasteiger partial charge on any atom is 0.289 e. The zero-order chi connectivity index (χ0) is 18.1. The number of nitrogens with zero attached hydrogens (tertiary/aromatic N) is 2. The number of hydrogen-bond acceptors (Lipinski definition) is 6. The number of aromatic nitrogens is 1. The molecule has 0 bridgehead atoms. The van der Waals surface area contributed by atoms with Gasteiger partial charge in [-0.05, 0) is 6.07 Å². The Morgan fingerprint density at radius 1 is 1.00 bits per heavy atom. The number of ketones is 2. The van der Waals surface area contributed by atoms with E-state index in [9.17, 15) is 14.8 Å². The number of anilines is 1. The van der Waals surface area contributed by atoms with Gasteiger partial charge in [0.2, 0.25) is 5.78 Å². The van der Waals surface area contributed by atoms with Crippen LogP contribution in [0.25, 0.3) is 0 Å². The lowest BCUT2D eigenvalue weighted by molar-refractivity contribution is -0.590. The van der Waals surface area contributed by atoms with Crippen molar-refractivity contribution in [1.29, 1.82) is 0 Å². The van der Waals surface area contributed by atoms with Gasteiger partial charge in [0.25, 0.3) is 5.82 Å². The van der Waals surface area contributed by atoms with E-state index in [1.165, 1.54) is 12.3 Å². The second-order valence-corrected chi connectivity index (χ2v) is 6.36. The van der Waals surface area contributed by atoms with Crippen LogP contribution in [0.5, 0.6) is 0 Å². The van der Waals surface area contributed by atoms with Crippen molar-refractivity contribution in [3.05, 3.63) is 64.0 Å². The van der Waals surface area contributed by atoms with E-state index < -0.39 is 0 Å². The third-order valence-electron chi connectivity index (χ3n) is 4.82.